The summed E-state index contributed by atoms with van der Waals surface area (Å²) in [5.41, 5.74) is 1.05. The van der Waals surface area contributed by atoms with Gasteiger partial charge in [0.05, 0.1) is 6.54 Å². The Bertz CT molecular complexity index is 719. The Morgan fingerprint density at radius 3 is 2.74 bits per heavy atom. The van der Waals surface area contributed by atoms with Crippen LogP contribution in [0.2, 0.25) is 0 Å². The van der Waals surface area contributed by atoms with Crippen molar-refractivity contribution in [2.45, 2.75) is 29.9 Å². The molecule has 0 radical (unpaired) electrons. The van der Waals surface area contributed by atoms with Crippen LogP contribution in [0.25, 0.3) is 0 Å². The summed E-state index contributed by atoms with van der Waals surface area (Å²) in [5, 5.41) is 0. The monoisotopic (exact) mass is 337 g/mol. The fourth-order valence-electron chi connectivity index (χ4n) is 3.73. The lowest BCUT2D eigenvalue weighted by atomic mass is 10.2. The standard InChI is InChI=1S/C16H23N3O3S/c1-17(2)13-5-7-18(10-13)12-3-4-16-15(9-12)22-14-6-8-19(11-14)23(16,20)21/h3-4,9,13-14H,5-8,10-11H2,1-2H3/t13-,14+/m1/s1. The van der Waals surface area contributed by atoms with Gasteiger partial charge in [0.2, 0.25) is 10.0 Å². The molecule has 1 aromatic rings. The van der Waals surface area contributed by atoms with Crippen molar-refractivity contribution >= 4 is 15.7 Å². The van der Waals surface area contributed by atoms with E-state index in [1.54, 1.807) is 10.4 Å². The predicted molar refractivity (Wildman–Crippen MR) is 88.5 cm³/mol. The Morgan fingerprint density at radius 2 is 2.00 bits per heavy atom. The number of sulfonamides is 1. The lowest BCUT2D eigenvalue weighted by Gasteiger charge is -2.23. The van der Waals surface area contributed by atoms with E-state index in [0.717, 1.165) is 31.6 Å². The highest BCUT2D eigenvalue weighted by molar-refractivity contribution is 7.89. The largest absolute Gasteiger partial charge is 0.487 e. The van der Waals surface area contributed by atoms with E-state index in [4.69, 9.17) is 4.74 Å². The van der Waals surface area contributed by atoms with Gasteiger partial charge in [-0.2, -0.15) is 4.31 Å². The molecule has 2 saturated heterocycles. The normalized spacial score (nSPS) is 31.8. The SMILES string of the molecule is CN(C)[C@@H]1CCN(c2ccc3c(c2)O[C@H]2CCN(C2)S3(=O)=O)C1. The molecule has 0 aromatic heterocycles. The van der Waals surface area contributed by atoms with Gasteiger partial charge in [-0.3, -0.25) is 0 Å². The molecular formula is C16H23N3O3S. The van der Waals surface area contributed by atoms with E-state index in [1.807, 2.05) is 12.1 Å². The van der Waals surface area contributed by atoms with E-state index in [9.17, 15) is 8.42 Å². The van der Waals surface area contributed by atoms with Crippen molar-refractivity contribution in [2.75, 3.05) is 45.2 Å². The van der Waals surface area contributed by atoms with Gasteiger partial charge >= 0.3 is 0 Å². The highest BCUT2D eigenvalue weighted by Gasteiger charge is 2.39. The molecule has 0 saturated carbocycles. The minimum absolute atomic E-state index is 0.0191. The zero-order valence-corrected chi connectivity index (χ0v) is 14.4. The van der Waals surface area contributed by atoms with Crippen molar-refractivity contribution < 1.29 is 13.2 Å². The molecule has 0 spiro atoms. The van der Waals surface area contributed by atoms with Crippen molar-refractivity contribution in [3.05, 3.63) is 18.2 Å². The zero-order chi connectivity index (χ0) is 16.2. The third-order valence-corrected chi connectivity index (χ3v) is 7.11. The average Bonchev–Trinajstić information content (AvgIpc) is 3.13. The highest BCUT2D eigenvalue weighted by atomic mass is 32.2. The summed E-state index contributed by atoms with van der Waals surface area (Å²) in [5.74, 6) is 0.517. The minimum Gasteiger partial charge on any atom is -0.487 e. The fraction of sp³-hybridized carbons (Fsp3) is 0.625. The smallest absolute Gasteiger partial charge is 0.246 e. The molecule has 0 amide bonds. The van der Waals surface area contributed by atoms with Gasteiger partial charge in [0, 0.05) is 37.4 Å². The van der Waals surface area contributed by atoms with Crippen molar-refractivity contribution in [2.24, 2.45) is 0 Å². The number of nitrogens with zero attached hydrogens (tertiary/aromatic N) is 3. The Morgan fingerprint density at radius 1 is 1.17 bits per heavy atom. The van der Waals surface area contributed by atoms with Crippen molar-refractivity contribution in [1.29, 1.82) is 0 Å². The number of benzene rings is 1. The molecule has 4 rings (SSSR count). The topological polar surface area (TPSA) is 53.1 Å². The van der Waals surface area contributed by atoms with Crippen LogP contribution < -0.4 is 9.64 Å². The summed E-state index contributed by atoms with van der Waals surface area (Å²) in [6.07, 6.45) is 1.88. The van der Waals surface area contributed by atoms with Gasteiger partial charge in [0.25, 0.3) is 0 Å². The van der Waals surface area contributed by atoms with Crippen LogP contribution in [0, 0.1) is 0 Å². The summed E-state index contributed by atoms with van der Waals surface area (Å²) >= 11 is 0. The number of anilines is 1. The molecule has 7 heteroatoms. The van der Waals surface area contributed by atoms with Crippen LogP contribution >= 0.6 is 0 Å². The van der Waals surface area contributed by atoms with Crippen molar-refractivity contribution in [3.63, 3.8) is 0 Å². The van der Waals surface area contributed by atoms with E-state index < -0.39 is 10.0 Å². The zero-order valence-electron chi connectivity index (χ0n) is 13.6. The van der Waals surface area contributed by atoms with Crippen LogP contribution in [0.4, 0.5) is 5.69 Å². The number of hydrogen-bond donors (Lipinski definition) is 0. The van der Waals surface area contributed by atoms with Crippen LogP contribution in [0.5, 0.6) is 5.75 Å². The summed E-state index contributed by atoms with van der Waals surface area (Å²) in [7, 11) is 0.796. The molecule has 1 aromatic carbocycles. The number of ether oxygens (including phenoxy) is 1. The fourth-order valence-corrected chi connectivity index (χ4v) is 5.32. The Kier molecular flexibility index (Phi) is 3.55. The maximum absolute atomic E-state index is 12.7. The summed E-state index contributed by atoms with van der Waals surface area (Å²) in [6, 6.07) is 6.08. The van der Waals surface area contributed by atoms with Crippen LogP contribution in [0.15, 0.2) is 23.1 Å². The predicted octanol–water partition coefficient (Wildman–Crippen LogP) is 0.982. The highest BCUT2D eigenvalue weighted by Crippen LogP contribution is 2.38. The number of rotatable bonds is 2. The molecule has 3 heterocycles. The molecule has 0 N–H and O–H groups in total. The second kappa shape index (κ2) is 5.36. The quantitative estimate of drug-likeness (QED) is 0.805. The van der Waals surface area contributed by atoms with Gasteiger partial charge in [-0.1, -0.05) is 0 Å². The lowest BCUT2D eigenvalue weighted by Crippen LogP contribution is -2.31. The summed E-state index contributed by atoms with van der Waals surface area (Å²) in [4.78, 5) is 4.87. The van der Waals surface area contributed by atoms with Gasteiger partial charge in [-0.25, -0.2) is 8.42 Å². The molecule has 3 aliphatic rings. The van der Waals surface area contributed by atoms with E-state index >= 15 is 0 Å². The van der Waals surface area contributed by atoms with E-state index in [-0.39, 0.29) is 6.10 Å². The number of hydrogen-bond acceptors (Lipinski definition) is 5. The van der Waals surface area contributed by atoms with Gasteiger partial charge in [0.1, 0.15) is 16.7 Å². The molecule has 3 atom stereocenters. The van der Waals surface area contributed by atoms with Gasteiger partial charge in [-0.15, -0.1) is 0 Å². The number of fused-ring (bicyclic) bond motifs is 3. The summed E-state index contributed by atoms with van der Waals surface area (Å²) in [6.45, 7) is 2.99. The lowest BCUT2D eigenvalue weighted by molar-refractivity contribution is 0.215. The molecule has 1 unspecified atom stereocenters. The van der Waals surface area contributed by atoms with E-state index in [0.29, 0.717) is 29.8 Å². The molecule has 0 aliphatic carbocycles. The molecule has 23 heavy (non-hydrogen) atoms. The maximum atomic E-state index is 12.7. The van der Waals surface area contributed by atoms with Gasteiger partial charge in [-0.05, 0) is 39.1 Å². The van der Waals surface area contributed by atoms with Crippen LogP contribution in [-0.4, -0.2) is 70.0 Å². The van der Waals surface area contributed by atoms with Crippen molar-refractivity contribution in [3.8, 4) is 5.75 Å². The van der Waals surface area contributed by atoms with E-state index in [1.165, 1.54) is 0 Å². The van der Waals surface area contributed by atoms with E-state index in [2.05, 4.69) is 23.9 Å². The van der Waals surface area contributed by atoms with Crippen molar-refractivity contribution in [1.82, 2.24) is 9.21 Å². The first kappa shape index (κ1) is 15.2. The van der Waals surface area contributed by atoms with Gasteiger partial charge in [0.15, 0.2) is 0 Å². The van der Waals surface area contributed by atoms with Crippen LogP contribution in [0.1, 0.15) is 12.8 Å². The van der Waals surface area contributed by atoms with Gasteiger partial charge < -0.3 is 14.5 Å². The molecule has 6 nitrogen and oxygen atoms in total. The molecule has 2 fully saturated rings. The molecule has 126 valence electrons. The maximum Gasteiger partial charge on any atom is 0.246 e. The summed E-state index contributed by atoms with van der Waals surface area (Å²) < 4.78 is 32.9. The third kappa shape index (κ3) is 2.51. The Labute approximate surface area is 137 Å². The Balaban J connectivity index is 1.67. The Hall–Kier alpha value is -1.31. The minimum atomic E-state index is -3.41. The number of likely N-dealkylation sites (N-methyl/N-ethyl adjacent to an activating group) is 1. The molecular weight excluding hydrogens is 314 g/mol. The third-order valence-electron chi connectivity index (χ3n) is 5.21. The first-order valence-electron chi connectivity index (χ1n) is 8.17. The van der Waals surface area contributed by atoms with Crippen LogP contribution in [0.3, 0.4) is 0 Å². The van der Waals surface area contributed by atoms with Crippen LogP contribution in [-0.2, 0) is 10.0 Å². The first-order valence-corrected chi connectivity index (χ1v) is 9.61. The molecule has 2 bridgehead atoms. The second-order valence-corrected chi connectivity index (χ2v) is 8.78. The first-order chi connectivity index (χ1) is 10.9. The average molecular weight is 337 g/mol. The molecule has 3 aliphatic heterocycles. The second-order valence-electron chi connectivity index (χ2n) is 6.87.